The van der Waals surface area contributed by atoms with E-state index in [1.165, 1.54) is 0 Å². The van der Waals surface area contributed by atoms with Crippen molar-refractivity contribution in [2.24, 2.45) is 11.8 Å². The van der Waals surface area contributed by atoms with Gasteiger partial charge < -0.3 is 9.80 Å². The van der Waals surface area contributed by atoms with Crippen molar-refractivity contribution < 1.29 is 9.59 Å². The average Bonchev–Trinajstić information content (AvgIpc) is 2.95. The van der Waals surface area contributed by atoms with E-state index in [0.717, 1.165) is 0 Å². The van der Waals surface area contributed by atoms with E-state index in [1.807, 2.05) is 0 Å². The van der Waals surface area contributed by atoms with Crippen LogP contribution >= 0.6 is 23.2 Å². The third kappa shape index (κ3) is 3.50. The van der Waals surface area contributed by atoms with Gasteiger partial charge in [-0.1, -0.05) is 23.2 Å². The van der Waals surface area contributed by atoms with E-state index in [9.17, 15) is 9.59 Å². The highest BCUT2D eigenvalue weighted by atomic mass is 35.5. The number of anilines is 1. The van der Waals surface area contributed by atoms with Crippen LogP contribution in [0.1, 0.15) is 19.3 Å². The maximum absolute atomic E-state index is 12.7. The number of benzene rings is 1. The van der Waals surface area contributed by atoms with Gasteiger partial charge >= 0.3 is 0 Å². The molecule has 0 aromatic heterocycles. The highest BCUT2D eigenvalue weighted by molar-refractivity contribution is 6.35. The highest BCUT2D eigenvalue weighted by Crippen LogP contribution is 2.31. The number of nitrogens with zero attached hydrogens (tertiary/aromatic N) is 3. The van der Waals surface area contributed by atoms with Crippen LogP contribution in [0.25, 0.3) is 0 Å². The van der Waals surface area contributed by atoms with Gasteiger partial charge in [-0.15, -0.1) is 0 Å². The summed E-state index contributed by atoms with van der Waals surface area (Å²) in [6, 6.07) is 7.21. The van der Waals surface area contributed by atoms with E-state index in [2.05, 4.69) is 6.07 Å². The lowest BCUT2D eigenvalue weighted by atomic mass is 9.97. The maximum Gasteiger partial charge on any atom is 0.228 e. The second-order valence-corrected chi connectivity index (χ2v) is 7.13. The molecule has 5 nitrogen and oxygen atoms in total. The van der Waals surface area contributed by atoms with Crippen LogP contribution in [0.5, 0.6) is 0 Å². The summed E-state index contributed by atoms with van der Waals surface area (Å²) in [6.45, 7) is 1.52. The first-order valence-electron chi connectivity index (χ1n) is 7.93. The Morgan fingerprint density at radius 1 is 1.17 bits per heavy atom. The minimum atomic E-state index is -0.353. The monoisotopic (exact) mass is 365 g/mol. The van der Waals surface area contributed by atoms with Crippen molar-refractivity contribution in [1.82, 2.24) is 4.90 Å². The molecule has 0 radical (unpaired) electrons. The molecular formula is C17H17Cl2N3O2. The van der Waals surface area contributed by atoms with E-state index >= 15 is 0 Å². The van der Waals surface area contributed by atoms with Gasteiger partial charge in [0, 0.05) is 47.7 Å². The van der Waals surface area contributed by atoms with Crippen molar-refractivity contribution in [2.75, 3.05) is 24.5 Å². The molecule has 2 heterocycles. The molecule has 0 spiro atoms. The quantitative estimate of drug-likeness (QED) is 0.808. The molecule has 126 valence electrons. The normalized spacial score (nSPS) is 21.9. The maximum atomic E-state index is 12.7. The number of piperidine rings is 1. The zero-order chi connectivity index (χ0) is 17.3. The summed E-state index contributed by atoms with van der Waals surface area (Å²) in [5, 5.41) is 9.86. The Bertz CT molecular complexity index is 688. The van der Waals surface area contributed by atoms with Crippen LogP contribution in [0, 0.1) is 23.2 Å². The molecule has 0 saturated carbocycles. The second kappa shape index (κ2) is 7.00. The van der Waals surface area contributed by atoms with Crippen molar-refractivity contribution in [3.63, 3.8) is 0 Å². The molecule has 1 aromatic rings. The minimum absolute atomic E-state index is 0.00429. The zero-order valence-corrected chi connectivity index (χ0v) is 14.6. The molecule has 0 N–H and O–H groups in total. The fourth-order valence-corrected chi connectivity index (χ4v) is 3.82. The molecule has 1 atom stereocenters. The summed E-state index contributed by atoms with van der Waals surface area (Å²) in [6.07, 6.45) is 1.61. The Hall–Kier alpha value is -1.77. The van der Waals surface area contributed by atoms with E-state index in [-0.39, 0.29) is 30.1 Å². The number of rotatable bonds is 2. The Balaban J connectivity index is 1.68. The van der Waals surface area contributed by atoms with Crippen molar-refractivity contribution >= 4 is 40.7 Å². The fraction of sp³-hybridized carbons (Fsp3) is 0.471. The van der Waals surface area contributed by atoms with Crippen LogP contribution in [0.4, 0.5) is 5.69 Å². The van der Waals surface area contributed by atoms with Crippen LogP contribution in [0.15, 0.2) is 18.2 Å². The predicted octanol–water partition coefficient (Wildman–Crippen LogP) is 3.11. The first kappa shape index (κ1) is 17.1. The molecule has 0 aliphatic carbocycles. The molecule has 7 heteroatoms. The van der Waals surface area contributed by atoms with Crippen LogP contribution in [0.2, 0.25) is 10.0 Å². The van der Waals surface area contributed by atoms with Crippen molar-refractivity contribution in [3.8, 4) is 6.07 Å². The van der Waals surface area contributed by atoms with E-state index < -0.39 is 0 Å². The summed E-state index contributed by atoms with van der Waals surface area (Å²) in [5.74, 6) is -0.424. The minimum Gasteiger partial charge on any atom is -0.342 e. The fourth-order valence-electron chi connectivity index (χ4n) is 3.30. The van der Waals surface area contributed by atoms with Gasteiger partial charge in [-0.3, -0.25) is 9.59 Å². The topological polar surface area (TPSA) is 64.4 Å². The molecule has 2 aliphatic heterocycles. The Labute approximate surface area is 150 Å². The zero-order valence-electron chi connectivity index (χ0n) is 13.0. The molecular weight excluding hydrogens is 349 g/mol. The third-order valence-electron chi connectivity index (χ3n) is 4.62. The van der Waals surface area contributed by atoms with Crippen molar-refractivity contribution in [2.45, 2.75) is 19.3 Å². The van der Waals surface area contributed by atoms with Gasteiger partial charge in [0.05, 0.1) is 12.0 Å². The van der Waals surface area contributed by atoms with Crippen LogP contribution in [-0.2, 0) is 9.59 Å². The van der Waals surface area contributed by atoms with Crippen LogP contribution in [-0.4, -0.2) is 36.3 Å². The van der Waals surface area contributed by atoms with E-state index in [1.54, 1.807) is 28.0 Å². The van der Waals surface area contributed by atoms with Crippen LogP contribution in [0.3, 0.4) is 0 Å². The first-order valence-corrected chi connectivity index (χ1v) is 8.68. The van der Waals surface area contributed by atoms with Gasteiger partial charge in [0.2, 0.25) is 11.8 Å². The summed E-state index contributed by atoms with van der Waals surface area (Å²) in [4.78, 5) is 28.3. The van der Waals surface area contributed by atoms with Crippen molar-refractivity contribution in [1.29, 1.82) is 5.26 Å². The molecule has 24 heavy (non-hydrogen) atoms. The first-order chi connectivity index (χ1) is 11.5. The molecule has 1 unspecified atom stereocenters. The van der Waals surface area contributed by atoms with E-state index in [0.29, 0.717) is 48.2 Å². The average molecular weight is 366 g/mol. The molecule has 2 saturated heterocycles. The summed E-state index contributed by atoms with van der Waals surface area (Å²) < 4.78 is 0. The van der Waals surface area contributed by atoms with Gasteiger partial charge in [0.25, 0.3) is 0 Å². The van der Waals surface area contributed by atoms with Gasteiger partial charge in [0.15, 0.2) is 0 Å². The molecule has 2 fully saturated rings. The Morgan fingerprint density at radius 3 is 2.38 bits per heavy atom. The standard InChI is InChI=1S/C17H17Cl2N3O2/c18-13-6-14(19)8-15(7-13)22-10-12(5-16(22)23)17(24)21-3-1-11(9-20)2-4-21/h6-8,11-12H,1-5,10H2. The highest BCUT2D eigenvalue weighted by Gasteiger charge is 2.38. The molecule has 2 aliphatic rings. The summed E-state index contributed by atoms with van der Waals surface area (Å²) in [5.41, 5.74) is 0.621. The second-order valence-electron chi connectivity index (χ2n) is 6.26. The Morgan fingerprint density at radius 2 is 1.79 bits per heavy atom. The molecule has 3 rings (SSSR count). The number of carbonyl (C=O) groups excluding carboxylic acids is 2. The lowest BCUT2D eigenvalue weighted by molar-refractivity contribution is -0.136. The molecule has 2 amide bonds. The number of hydrogen-bond acceptors (Lipinski definition) is 3. The Kier molecular flexibility index (Phi) is 4.98. The third-order valence-corrected chi connectivity index (χ3v) is 5.06. The predicted molar refractivity (Wildman–Crippen MR) is 91.8 cm³/mol. The summed E-state index contributed by atoms with van der Waals surface area (Å²) in [7, 11) is 0. The largest absolute Gasteiger partial charge is 0.342 e. The number of carbonyl (C=O) groups is 2. The summed E-state index contributed by atoms with van der Waals surface area (Å²) >= 11 is 12.0. The van der Waals surface area contributed by atoms with Crippen molar-refractivity contribution in [3.05, 3.63) is 28.2 Å². The van der Waals surface area contributed by atoms with Gasteiger partial charge in [-0.2, -0.15) is 5.26 Å². The lowest BCUT2D eigenvalue weighted by Gasteiger charge is -2.31. The van der Waals surface area contributed by atoms with Crippen LogP contribution < -0.4 is 4.90 Å². The van der Waals surface area contributed by atoms with Gasteiger partial charge in [0.1, 0.15) is 0 Å². The SMILES string of the molecule is N#CC1CCN(C(=O)C2CC(=O)N(c3cc(Cl)cc(Cl)c3)C2)CC1. The number of hydrogen-bond donors (Lipinski definition) is 0. The van der Waals surface area contributed by atoms with Gasteiger partial charge in [-0.25, -0.2) is 0 Å². The smallest absolute Gasteiger partial charge is 0.228 e. The molecule has 0 bridgehead atoms. The molecule has 1 aromatic carbocycles. The lowest BCUT2D eigenvalue weighted by Crippen LogP contribution is -2.42. The number of nitriles is 1. The number of halogens is 2. The van der Waals surface area contributed by atoms with Gasteiger partial charge in [-0.05, 0) is 31.0 Å². The number of amides is 2. The van der Waals surface area contributed by atoms with E-state index in [4.69, 9.17) is 28.5 Å². The number of likely N-dealkylation sites (tertiary alicyclic amines) is 1.